The van der Waals surface area contributed by atoms with Crippen LogP contribution in [0.15, 0.2) is 42.5 Å². The van der Waals surface area contributed by atoms with Crippen LogP contribution in [0.5, 0.6) is 0 Å². The first-order chi connectivity index (χ1) is 11.6. The highest BCUT2D eigenvalue weighted by Gasteiger charge is 2.20. The van der Waals surface area contributed by atoms with Crippen molar-refractivity contribution in [3.8, 4) is 0 Å². The van der Waals surface area contributed by atoms with Gasteiger partial charge in [-0.25, -0.2) is 4.79 Å². The number of fused-ring (bicyclic) bond motifs is 1. The van der Waals surface area contributed by atoms with Crippen molar-refractivity contribution >= 4 is 16.8 Å². The molecule has 2 atom stereocenters. The molecule has 4 heteroatoms. The molecule has 0 saturated carbocycles. The molecule has 0 bridgehead atoms. The fourth-order valence-corrected chi connectivity index (χ4v) is 3.34. The van der Waals surface area contributed by atoms with Gasteiger partial charge in [0.2, 0.25) is 0 Å². The second-order valence-electron chi connectivity index (χ2n) is 6.61. The molecule has 0 aromatic heterocycles. The number of hydrogen-bond donors (Lipinski definition) is 1. The monoisotopic (exact) mass is 326 g/mol. The van der Waals surface area contributed by atoms with Gasteiger partial charge < -0.3 is 15.0 Å². The highest BCUT2D eigenvalue weighted by Crippen LogP contribution is 2.24. The van der Waals surface area contributed by atoms with Gasteiger partial charge in [-0.05, 0) is 42.5 Å². The van der Waals surface area contributed by atoms with Gasteiger partial charge in [0.05, 0.1) is 12.1 Å². The number of carbonyl (C=O) groups excluding carboxylic acids is 1. The van der Waals surface area contributed by atoms with E-state index in [1.807, 2.05) is 32.2 Å². The maximum absolute atomic E-state index is 12.5. The number of amides is 2. The van der Waals surface area contributed by atoms with E-state index in [9.17, 15) is 4.79 Å². The highest BCUT2D eigenvalue weighted by atomic mass is 16.5. The number of nitrogens with zero attached hydrogens (tertiary/aromatic N) is 1. The lowest BCUT2D eigenvalue weighted by Gasteiger charge is -2.28. The molecule has 0 radical (unpaired) electrons. The molecule has 1 heterocycles. The number of ether oxygens (including phenoxy) is 1. The minimum absolute atomic E-state index is 0.0432. The predicted octanol–water partition coefficient (Wildman–Crippen LogP) is 4.11. The summed E-state index contributed by atoms with van der Waals surface area (Å²) in [5, 5.41) is 5.49. The third-order valence-electron chi connectivity index (χ3n) is 4.73. The summed E-state index contributed by atoms with van der Waals surface area (Å²) >= 11 is 0. The number of nitrogens with one attached hydrogen (secondary N) is 1. The standard InChI is InChI=1S/C20H26N2O2/c1-15(18-12-7-9-16-8-3-4-11-19(16)18)21-20(23)22(2)14-17-10-5-6-13-24-17/h3-4,7-9,11-12,15,17H,5-6,10,13-14H2,1-2H3,(H,21,23). The molecular formula is C20H26N2O2. The zero-order chi connectivity index (χ0) is 16.9. The lowest BCUT2D eigenvalue weighted by molar-refractivity contribution is 0.00374. The van der Waals surface area contributed by atoms with Gasteiger partial charge in [0, 0.05) is 20.2 Å². The van der Waals surface area contributed by atoms with Crippen molar-refractivity contribution < 1.29 is 9.53 Å². The van der Waals surface area contributed by atoms with Crippen LogP contribution < -0.4 is 5.32 Å². The number of carbonyl (C=O) groups is 1. The van der Waals surface area contributed by atoms with Crippen LogP contribution in [0.2, 0.25) is 0 Å². The van der Waals surface area contributed by atoms with Gasteiger partial charge in [-0.3, -0.25) is 0 Å². The Morgan fingerprint density at radius 2 is 2.04 bits per heavy atom. The number of rotatable bonds is 4. The predicted molar refractivity (Wildman–Crippen MR) is 97.1 cm³/mol. The van der Waals surface area contributed by atoms with E-state index in [1.165, 1.54) is 17.2 Å². The van der Waals surface area contributed by atoms with E-state index in [4.69, 9.17) is 4.74 Å². The molecule has 4 nitrogen and oxygen atoms in total. The lowest BCUT2D eigenvalue weighted by atomic mass is 10.00. The number of urea groups is 1. The Morgan fingerprint density at radius 1 is 1.25 bits per heavy atom. The molecule has 24 heavy (non-hydrogen) atoms. The molecule has 1 aliphatic heterocycles. The van der Waals surface area contributed by atoms with Crippen LogP contribution >= 0.6 is 0 Å². The lowest BCUT2D eigenvalue weighted by Crippen LogP contribution is -2.43. The van der Waals surface area contributed by atoms with Crippen LogP contribution in [0, 0.1) is 0 Å². The van der Waals surface area contributed by atoms with E-state index in [0.717, 1.165) is 25.0 Å². The minimum atomic E-state index is -0.0513. The Hall–Kier alpha value is -2.07. The van der Waals surface area contributed by atoms with E-state index in [1.54, 1.807) is 4.90 Å². The van der Waals surface area contributed by atoms with Crippen LogP contribution in [0.4, 0.5) is 4.79 Å². The molecule has 1 saturated heterocycles. The largest absolute Gasteiger partial charge is 0.376 e. The first kappa shape index (κ1) is 16.8. The summed E-state index contributed by atoms with van der Waals surface area (Å²) in [5.74, 6) is 0. The Kier molecular flexibility index (Phi) is 5.36. The third kappa shape index (κ3) is 3.88. The van der Waals surface area contributed by atoms with Gasteiger partial charge in [-0.2, -0.15) is 0 Å². The summed E-state index contributed by atoms with van der Waals surface area (Å²) in [4.78, 5) is 14.2. The van der Waals surface area contributed by atoms with Crippen molar-refractivity contribution in [2.24, 2.45) is 0 Å². The average Bonchev–Trinajstić information content (AvgIpc) is 2.62. The Balaban J connectivity index is 1.64. The quantitative estimate of drug-likeness (QED) is 0.918. The minimum Gasteiger partial charge on any atom is -0.376 e. The molecule has 2 aromatic rings. The maximum atomic E-state index is 12.5. The van der Waals surface area contributed by atoms with E-state index in [2.05, 4.69) is 29.6 Å². The van der Waals surface area contributed by atoms with Gasteiger partial charge >= 0.3 is 6.03 Å². The summed E-state index contributed by atoms with van der Waals surface area (Å²) in [5.41, 5.74) is 1.14. The molecule has 0 aliphatic carbocycles. The van der Waals surface area contributed by atoms with Crippen molar-refractivity contribution in [3.05, 3.63) is 48.0 Å². The third-order valence-corrected chi connectivity index (χ3v) is 4.73. The molecule has 1 aliphatic rings. The van der Waals surface area contributed by atoms with Gasteiger partial charge in [0.25, 0.3) is 0 Å². The Labute approximate surface area is 143 Å². The maximum Gasteiger partial charge on any atom is 0.317 e. The summed E-state index contributed by atoms with van der Waals surface area (Å²) in [6, 6.07) is 14.4. The van der Waals surface area contributed by atoms with Crippen molar-refractivity contribution in [2.75, 3.05) is 20.2 Å². The average molecular weight is 326 g/mol. The number of benzene rings is 2. The summed E-state index contributed by atoms with van der Waals surface area (Å²) < 4.78 is 5.72. The van der Waals surface area contributed by atoms with Crippen LogP contribution in [-0.2, 0) is 4.74 Å². The Morgan fingerprint density at radius 3 is 2.83 bits per heavy atom. The molecule has 1 N–H and O–H groups in total. The smallest absolute Gasteiger partial charge is 0.317 e. The SMILES string of the molecule is CC(NC(=O)N(C)CC1CCCCO1)c1cccc2ccccc12. The normalized spacial score (nSPS) is 19.0. The van der Waals surface area contributed by atoms with Crippen LogP contribution in [0.3, 0.4) is 0 Å². The summed E-state index contributed by atoms with van der Waals surface area (Å²) in [6.07, 6.45) is 3.52. The van der Waals surface area contributed by atoms with E-state index in [-0.39, 0.29) is 18.2 Å². The van der Waals surface area contributed by atoms with E-state index >= 15 is 0 Å². The molecular weight excluding hydrogens is 300 g/mol. The molecule has 2 amide bonds. The first-order valence-electron chi connectivity index (χ1n) is 8.76. The van der Waals surface area contributed by atoms with Gasteiger partial charge in [0.15, 0.2) is 0 Å². The summed E-state index contributed by atoms with van der Waals surface area (Å²) in [6.45, 7) is 3.49. The molecule has 2 aromatic carbocycles. The van der Waals surface area contributed by atoms with Crippen molar-refractivity contribution in [1.29, 1.82) is 0 Å². The number of likely N-dealkylation sites (N-methyl/N-ethyl adjacent to an activating group) is 1. The fraction of sp³-hybridized carbons (Fsp3) is 0.450. The van der Waals surface area contributed by atoms with Crippen molar-refractivity contribution in [3.63, 3.8) is 0 Å². The van der Waals surface area contributed by atoms with Crippen LogP contribution in [-0.4, -0.2) is 37.2 Å². The molecule has 3 rings (SSSR count). The Bertz CT molecular complexity index is 690. The topological polar surface area (TPSA) is 41.6 Å². The van der Waals surface area contributed by atoms with E-state index in [0.29, 0.717) is 6.54 Å². The number of hydrogen-bond acceptors (Lipinski definition) is 2. The van der Waals surface area contributed by atoms with Crippen molar-refractivity contribution in [2.45, 2.75) is 38.3 Å². The highest BCUT2D eigenvalue weighted by molar-refractivity contribution is 5.86. The summed E-state index contributed by atoms with van der Waals surface area (Å²) in [7, 11) is 1.84. The first-order valence-corrected chi connectivity index (χ1v) is 8.76. The van der Waals surface area contributed by atoms with Crippen LogP contribution in [0.1, 0.15) is 37.8 Å². The molecule has 1 fully saturated rings. The fourth-order valence-electron chi connectivity index (χ4n) is 3.34. The van der Waals surface area contributed by atoms with Crippen LogP contribution in [0.25, 0.3) is 10.8 Å². The second-order valence-corrected chi connectivity index (χ2v) is 6.61. The molecule has 2 unspecified atom stereocenters. The molecule has 0 spiro atoms. The molecule has 128 valence electrons. The van der Waals surface area contributed by atoms with Gasteiger partial charge in [-0.15, -0.1) is 0 Å². The van der Waals surface area contributed by atoms with Crippen molar-refractivity contribution in [1.82, 2.24) is 10.2 Å². The zero-order valence-electron chi connectivity index (χ0n) is 14.5. The van der Waals surface area contributed by atoms with E-state index < -0.39 is 0 Å². The second kappa shape index (κ2) is 7.67. The van der Waals surface area contributed by atoms with Gasteiger partial charge in [0.1, 0.15) is 0 Å². The zero-order valence-corrected chi connectivity index (χ0v) is 14.5. The van der Waals surface area contributed by atoms with Gasteiger partial charge in [-0.1, -0.05) is 42.5 Å².